The average molecular weight is 552 g/mol. The van der Waals surface area contributed by atoms with E-state index in [-0.39, 0.29) is 12.2 Å². The van der Waals surface area contributed by atoms with Crippen LogP contribution in [0.4, 0.5) is 0 Å². The third-order valence-electron chi connectivity index (χ3n) is 7.83. The maximum atomic E-state index is 13.4. The fraction of sp³-hybridized carbons (Fsp3) is 0.333. The van der Waals surface area contributed by atoms with Gasteiger partial charge in [0.15, 0.2) is 5.78 Å². The molecular weight excluding hydrogens is 510 g/mol. The van der Waals surface area contributed by atoms with Gasteiger partial charge in [-0.15, -0.1) is 0 Å². The summed E-state index contributed by atoms with van der Waals surface area (Å²) >= 11 is 0. The average Bonchev–Trinajstić information content (AvgIpc) is 3.32. The predicted molar refractivity (Wildman–Crippen MR) is 164 cm³/mol. The lowest BCUT2D eigenvalue weighted by Crippen LogP contribution is -2.14. The molecule has 1 aromatic heterocycles. The number of hydrogen-bond donors (Lipinski definition) is 1. The molecule has 0 aliphatic rings. The Kier molecular flexibility index (Phi) is 10.9. The summed E-state index contributed by atoms with van der Waals surface area (Å²) in [5.41, 5.74) is 5.97. The second-order valence-electron chi connectivity index (χ2n) is 10.7. The van der Waals surface area contributed by atoms with E-state index in [4.69, 9.17) is 9.84 Å². The summed E-state index contributed by atoms with van der Waals surface area (Å²) in [6.07, 6.45) is 6.17. The Morgan fingerprint density at radius 1 is 0.829 bits per heavy atom. The van der Waals surface area contributed by atoms with Crippen molar-refractivity contribution < 1.29 is 19.4 Å². The molecule has 5 nitrogen and oxygen atoms in total. The number of aromatic nitrogens is 1. The minimum Gasteiger partial charge on any atom is -0.493 e. The standard InChI is InChI=1S/C36H41NO4/c1-3-34-33(25-31(37(34)2)15-10-16-35(38)39)36(40)30-21-23-32(24-22-30)41-26-29(19-17-27-11-6-4-7-12-27)20-18-28-13-8-5-9-14-28/h4-9,11-14,21-25,29H,3,10,15-20,26H2,1-2H3,(H,38,39). The van der Waals surface area contributed by atoms with Gasteiger partial charge in [-0.2, -0.15) is 0 Å². The van der Waals surface area contributed by atoms with Crippen LogP contribution in [0.5, 0.6) is 5.75 Å². The Labute approximate surface area is 243 Å². The van der Waals surface area contributed by atoms with Gasteiger partial charge in [-0.05, 0) is 92.3 Å². The molecule has 0 atom stereocenters. The number of carbonyl (C=O) groups is 2. The monoisotopic (exact) mass is 551 g/mol. The van der Waals surface area contributed by atoms with Crippen LogP contribution < -0.4 is 4.74 Å². The molecule has 0 aliphatic heterocycles. The van der Waals surface area contributed by atoms with Crippen LogP contribution in [0.1, 0.15) is 71.0 Å². The van der Waals surface area contributed by atoms with E-state index < -0.39 is 5.97 Å². The fourth-order valence-corrected chi connectivity index (χ4v) is 5.40. The maximum absolute atomic E-state index is 13.4. The topological polar surface area (TPSA) is 68.5 Å². The predicted octanol–water partition coefficient (Wildman–Crippen LogP) is 7.49. The molecule has 0 fully saturated rings. The lowest BCUT2D eigenvalue weighted by Gasteiger charge is -2.18. The molecule has 1 heterocycles. The summed E-state index contributed by atoms with van der Waals surface area (Å²) < 4.78 is 8.29. The lowest BCUT2D eigenvalue weighted by molar-refractivity contribution is -0.137. The molecule has 41 heavy (non-hydrogen) atoms. The maximum Gasteiger partial charge on any atom is 0.303 e. The quantitative estimate of drug-likeness (QED) is 0.147. The SMILES string of the molecule is CCc1c(C(=O)c2ccc(OCC(CCc3ccccc3)CCc3ccccc3)cc2)cc(CCCC(=O)O)n1C. The van der Waals surface area contributed by atoms with Crippen molar-refractivity contribution in [3.8, 4) is 5.75 Å². The Morgan fingerprint density at radius 2 is 1.41 bits per heavy atom. The first-order valence-corrected chi connectivity index (χ1v) is 14.7. The molecular formula is C36H41NO4. The third-order valence-corrected chi connectivity index (χ3v) is 7.83. The number of benzene rings is 3. The molecule has 3 aromatic carbocycles. The van der Waals surface area contributed by atoms with Gasteiger partial charge in [0.05, 0.1) is 6.61 Å². The van der Waals surface area contributed by atoms with Gasteiger partial charge in [-0.3, -0.25) is 9.59 Å². The molecule has 0 radical (unpaired) electrons. The van der Waals surface area contributed by atoms with E-state index in [0.29, 0.717) is 36.5 Å². The third kappa shape index (κ3) is 8.68. The van der Waals surface area contributed by atoms with Crippen LogP contribution in [-0.2, 0) is 37.5 Å². The Balaban J connectivity index is 1.39. The highest BCUT2D eigenvalue weighted by atomic mass is 16.5. The lowest BCUT2D eigenvalue weighted by atomic mass is 9.94. The van der Waals surface area contributed by atoms with E-state index in [1.54, 1.807) is 0 Å². The highest BCUT2D eigenvalue weighted by molar-refractivity contribution is 6.10. The number of ether oxygens (including phenoxy) is 1. The van der Waals surface area contributed by atoms with Crippen molar-refractivity contribution in [2.45, 2.75) is 58.3 Å². The number of ketones is 1. The second kappa shape index (κ2) is 15.0. The van der Waals surface area contributed by atoms with Crippen LogP contribution in [0.3, 0.4) is 0 Å². The van der Waals surface area contributed by atoms with Gasteiger partial charge in [0.1, 0.15) is 5.75 Å². The van der Waals surface area contributed by atoms with Gasteiger partial charge < -0.3 is 14.4 Å². The van der Waals surface area contributed by atoms with Crippen molar-refractivity contribution in [3.05, 3.63) is 125 Å². The number of rotatable bonds is 16. The van der Waals surface area contributed by atoms with E-state index >= 15 is 0 Å². The number of aliphatic carboxylic acids is 1. The van der Waals surface area contributed by atoms with Crippen molar-refractivity contribution >= 4 is 11.8 Å². The molecule has 0 bridgehead atoms. The van der Waals surface area contributed by atoms with Crippen molar-refractivity contribution in [3.63, 3.8) is 0 Å². The fourth-order valence-electron chi connectivity index (χ4n) is 5.40. The first kappa shape index (κ1) is 29.9. The largest absolute Gasteiger partial charge is 0.493 e. The van der Waals surface area contributed by atoms with Crippen LogP contribution in [0, 0.1) is 5.92 Å². The van der Waals surface area contributed by atoms with Gasteiger partial charge in [-0.1, -0.05) is 67.6 Å². The Bertz CT molecular complexity index is 1350. The molecule has 0 unspecified atom stereocenters. The van der Waals surface area contributed by atoms with Gasteiger partial charge >= 0.3 is 5.97 Å². The normalized spacial score (nSPS) is 11.1. The Hall–Kier alpha value is -4.12. The summed E-state index contributed by atoms with van der Waals surface area (Å²) in [6.45, 7) is 2.67. The molecule has 1 N–H and O–H groups in total. The van der Waals surface area contributed by atoms with Crippen molar-refractivity contribution in [2.75, 3.05) is 6.61 Å². The number of carboxylic acids is 1. The number of carboxylic acid groups (broad SMARTS) is 1. The highest BCUT2D eigenvalue weighted by Crippen LogP contribution is 2.24. The summed E-state index contributed by atoms with van der Waals surface area (Å²) in [7, 11) is 1.95. The summed E-state index contributed by atoms with van der Waals surface area (Å²) in [4.78, 5) is 24.4. The molecule has 0 spiro atoms. The molecule has 5 heteroatoms. The zero-order valence-corrected chi connectivity index (χ0v) is 24.2. The van der Waals surface area contributed by atoms with Gasteiger partial charge in [0, 0.05) is 36.0 Å². The molecule has 0 saturated carbocycles. The molecule has 214 valence electrons. The minimum absolute atomic E-state index is 0.0166. The van der Waals surface area contributed by atoms with Crippen LogP contribution >= 0.6 is 0 Å². The molecule has 0 aliphatic carbocycles. The van der Waals surface area contributed by atoms with Gasteiger partial charge in [0.2, 0.25) is 0 Å². The number of carbonyl (C=O) groups excluding carboxylic acids is 1. The van der Waals surface area contributed by atoms with Crippen molar-refractivity contribution in [1.82, 2.24) is 4.57 Å². The first-order valence-electron chi connectivity index (χ1n) is 14.7. The van der Waals surface area contributed by atoms with Crippen LogP contribution in [0.25, 0.3) is 0 Å². The number of aryl methyl sites for hydroxylation is 3. The Morgan fingerprint density at radius 3 is 1.95 bits per heavy atom. The van der Waals surface area contributed by atoms with E-state index in [2.05, 4.69) is 60.7 Å². The summed E-state index contributed by atoms with van der Waals surface area (Å²) in [5, 5.41) is 8.97. The van der Waals surface area contributed by atoms with E-state index in [1.165, 1.54) is 11.1 Å². The van der Waals surface area contributed by atoms with Crippen LogP contribution in [0.15, 0.2) is 91.0 Å². The van der Waals surface area contributed by atoms with Crippen molar-refractivity contribution in [2.24, 2.45) is 13.0 Å². The van der Waals surface area contributed by atoms with Gasteiger partial charge in [-0.25, -0.2) is 0 Å². The van der Waals surface area contributed by atoms with Gasteiger partial charge in [0.25, 0.3) is 0 Å². The highest BCUT2D eigenvalue weighted by Gasteiger charge is 2.19. The van der Waals surface area contributed by atoms with E-state index in [0.717, 1.165) is 49.2 Å². The zero-order chi connectivity index (χ0) is 29.0. The van der Waals surface area contributed by atoms with Crippen molar-refractivity contribution in [1.29, 1.82) is 0 Å². The smallest absolute Gasteiger partial charge is 0.303 e. The minimum atomic E-state index is -0.799. The van der Waals surface area contributed by atoms with Crippen LogP contribution in [-0.4, -0.2) is 28.0 Å². The molecule has 0 saturated heterocycles. The van der Waals surface area contributed by atoms with E-state index in [1.807, 2.05) is 48.9 Å². The molecule has 4 rings (SSSR count). The molecule has 0 amide bonds. The summed E-state index contributed by atoms with van der Waals surface area (Å²) in [5.74, 6) is 0.362. The molecule has 4 aromatic rings. The summed E-state index contributed by atoms with van der Waals surface area (Å²) in [6, 6.07) is 30.6. The number of nitrogens with zero attached hydrogens (tertiary/aromatic N) is 1. The first-order chi connectivity index (χ1) is 19.9. The zero-order valence-electron chi connectivity index (χ0n) is 24.2. The second-order valence-corrected chi connectivity index (χ2v) is 10.7. The number of hydrogen-bond acceptors (Lipinski definition) is 3. The van der Waals surface area contributed by atoms with Crippen LogP contribution in [0.2, 0.25) is 0 Å². The van der Waals surface area contributed by atoms with E-state index in [9.17, 15) is 9.59 Å².